The molecule has 0 aliphatic carbocycles. The second kappa shape index (κ2) is 16.5. The van der Waals surface area contributed by atoms with Crippen molar-refractivity contribution in [1.82, 2.24) is 0 Å². The van der Waals surface area contributed by atoms with Crippen molar-refractivity contribution in [2.24, 2.45) is 0 Å². The van der Waals surface area contributed by atoms with Crippen molar-refractivity contribution >= 4 is 23.7 Å². The molecule has 0 fully saturated rings. The molecule has 5 heteroatoms. The molecule has 0 N–H and O–H groups in total. The van der Waals surface area contributed by atoms with Crippen LogP contribution in [0.15, 0.2) is 0 Å². The molecule has 0 aromatic rings. The van der Waals surface area contributed by atoms with Crippen LogP contribution in [0.3, 0.4) is 0 Å². The smallest absolute Gasteiger partial charge is 0.0832 e. The van der Waals surface area contributed by atoms with Gasteiger partial charge in [-0.15, -0.1) is 0 Å². The van der Waals surface area contributed by atoms with Crippen LogP contribution in [-0.2, 0) is 51.8 Å². The summed E-state index contributed by atoms with van der Waals surface area (Å²) in [7, 11) is 0. The van der Waals surface area contributed by atoms with Crippen LogP contribution < -0.4 is 0 Å². The first-order valence-electron chi connectivity index (χ1n) is 0.309. The number of hydrogen-bond acceptors (Lipinski definition) is 1. The molecule has 0 rings (SSSR count). The van der Waals surface area contributed by atoms with E-state index >= 15 is 0 Å². The quantitative estimate of drug-likeness (QED) is 0.566. The van der Waals surface area contributed by atoms with E-state index in [0.29, 0.717) is 0 Å². The Morgan fingerprint density at radius 3 is 1.20 bits per heavy atom. The predicted molar refractivity (Wildman–Crippen MR) is 12.8 cm³/mol. The Kier molecular flexibility index (Phi) is 51.7. The topological polar surface area (TPSA) is 9.23 Å². The zero-order valence-electron chi connectivity index (χ0n) is 2.16. The Hall–Kier alpha value is 2.14. The molecule has 0 saturated heterocycles. The van der Waals surface area contributed by atoms with Crippen LogP contribution in [0.2, 0.25) is 0 Å². The van der Waals surface area contributed by atoms with Crippen LogP contribution in [0.5, 0.6) is 0 Å². The van der Waals surface area contributed by atoms with E-state index in [0.717, 1.165) is 0 Å². The molecular weight excluding hydrogens is 226 g/mol. The fourth-order valence-corrected chi connectivity index (χ4v) is 0. The molecule has 28 valence electrons. The maximum atomic E-state index is 4.26. The van der Waals surface area contributed by atoms with Gasteiger partial charge in [0, 0.05) is 47.9 Å². The maximum Gasteiger partial charge on any atom is 0.0832 e. The molecule has 0 aliphatic rings. The molecule has 0 aromatic carbocycles. The number of halogens is 2. The van der Waals surface area contributed by atoms with E-state index in [-0.39, 0.29) is 47.9 Å². The summed E-state index contributed by atoms with van der Waals surface area (Å²) in [6, 6.07) is 0. The first-order chi connectivity index (χ1) is 1.41. The van der Waals surface area contributed by atoms with Crippen LogP contribution in [0.1, 0.15) is 0 Å². The number of hydrogen-bond donors (Lipinski definition) is 0. The molecule has 0 amide bonds. The van der Waals surface area contributed by atoms with Crippen molar-refractivity contribution in [3.05, 3.63) is 0 Å². The molecule has 0 bridgehead atoms. The van der Waals surface area contributed by atoms with Gasteiger partial charge in [0.1, 0.15) is 0 Å². The molecule has 0 saturated carbocycles. The van der Waals surface area contributed by atoms with Crippen molar-refractivity contribution in [1.29, 1.82) is 0 Å². The van der Waals surface area contributed by atoms with Crippen LogP contribution in [0, 0.1) is 0 Å². The molecule has 5 heavy (non-hydrogen) atoms. The second-order valence-electron chi connectivity index (χ2n) is 0.0583. The van der Waals surface area contributed by atoms with Crippen molar-refractivity contribution in [2.75, 3.05) is 0 Å². The first-order valence-corrected chi connectivity index (χ1v) is 0.926. The molecular formula is Cl2OTiZr. The summed E-state index contributed by atoms with van der Waals surface area (Å²) < 4.78 is 3.19. The summed E-state index contributed by atoms with van der Waals surface area (Å²) in [6.45, 7) is 0. The van der Waals surface area contributed by atoms with Gasteiger partial charge in [-0.3, -0.25) is 0 Å². The largest absolute Gasteiger partial charge is 0.166 e. The van der Waals surface area contributed by atoms with E-state index in [2.05, 4.69) is 27.6 Å². The Morgan fingerprint density at radius 2 is 1.20 bits per heavy atom. The summed E-state index contributed by atoms with van der Waals surface area (Å²) in [5.74, 6) is 0. The summed E-state index contributed by atoms with van der Waals surface area (Å²) in [5.41, 5.74) is 0. The SMILES string of the molecule is ClOCl.[Ti].[Zr]. The fourth-order valence-electron chi connectivity index (χ4n) is 0. The standard InChI is InChI=1S/Cl2O.Ti.Zr/c1-3-2;;. The van der Waals surface area contributed by atoms with Gasteiger partial charge in [0.15, 0.2) is 0 Å². The molecule has 0 aromatic heterocycles. The molecule has 0 spiro atoms. The van der Waals surface area contributed by atoms with E-state index in [4.69, 9.17) is 0 Å². The summed E-state index contributed by atoms with van der Waals surface area (Å²) in [4.78, 5) is 0. The Balaban J connectivity index is -0.0000000200. The van der Waals surface area contributed by atoms with Gasteiger partial charge in [-0.1, -0.05) is 0 Å². The normalized spacial score (nSPS) is 3.60. The Morgan fingerprint density at radius 1 is 1.20 bits per heavy atom. The Labute approximate surface area is 74.7 Å². The zero-order valence-corrected chi connectivity index (χ0v) is 7.70. The molecule has 0 unspecified atom stereocenters. The van der Waals surface area contributed by atoms with Gasteiger partial charge in [0.2, 0.25) is 0 Å². The van der Waals surface area contributed by atoms with Gasteiger partial charge in [-0.25, -0.2) is 0 Å². The molecule has 0 heterocycles. The molecule has 0 aliphatic heterocycles. The van der Waals surface area contributed by atoms with Gasteiger partial charge >= 0.3 is 0 Å². The predicted octanol–water partition coefficient (Wildman–Crippen LogP) is 1.31. The van der Waals surface area contributed by atoms with Crippen LogP contribution in [-0.4, -0.2) is 0 Å². The van der Waals surface area contributed by atoms with Gasteiger partial charge in [-0.2, -0.15) is 3.84 Å². The zero-order chi connectivity index (χ0) is 2.71. The van der Waals surface area contributed by atoms with Crippen molar-refractivity contribution in [3.63, 3.8) is 0 Å². The summed E-state index contributed by atoms with van der Waals surface area (Å²) in [6.07, 6.45) is 0. The van der Waals surface area contributed by atoms with Crippen molar-refractivity contribution < 1.29 is 51.8 Å². The third-order valence-electron chi connectivity index (χ3n) is 0. The van der Waals surface area contributed by atoms with Gasteiger partial charge in [0.25, 0.3) is 0 Å². The minimum absolute atomic E-state index is 0. The second-order valence-corrected chi connectivity index (χ2v) is 0.525. The van der Waals surface area contributed by atoms with E-state index in [1.165, 1.54) is 0 Å². The maximum absolute atomic E-state index is 4.26. The summed E-state index contributed by atoms with van der Waals surface area (Å²) >= 11 is 8.53. The van der Waals surface area contributed by atoms with E-state index < -0.39 is 0 Å². The monoisotopic (exact) mass is 224 g/mol. The van der Waals surface area contributed by atoms with E-state index in [9.17, 15) is 0 Å². The number of rotatable bonds is 0. The van der Waals surface area contributed by atoms with Crippen molar-refractivity contribution in [3.8, 4) is 0 Å². The van der Waals surface area contributed by atoms with E-state index in [1.54, 1.807) is 0 Å². The third-order valence-corrected chi connectivity index (χ3v) is 0. The first kappa shape index (κ1) is 15.7. The summed E-state index contributed by atoms with van der Waals surface area (Å²) in [5, 5.41) is 0. The minimum atomic E-state index is 0. The van der Waals surface area contributed by atoms with Crippen LogP contribution >= 0.6 is 23.7 Å². The average molecular weight is 226 g/mol. The molecule has 0 atom stereocenters. The van der Waals surface area contributed by atoms with Crippen LogP contribution in [0.25, 0.3) is 0 Å². The minimum Gasteiger partial charge on any atom is -0.166 e. The van der Waals surface area contributed by atoms with Gasteiger partial charge < -0.3 is 0 Å². The van der Waals surface area contributed by atoms with E-state index in [1.807, 2.05) is 0 Å². The third kappa shape index (κ3) is 23.0. The Bertz CT molecular complexity index is 9.61. The van der Waals surface area contributed by atoms with Crippen LogP contribution in [0.4, 0.5) is 0 Å². The fraction of sp³-hybridized carbons (Fsp3) is 0. The average Bonchev–Trinajstić information content (AvgIpc) is 0.918. The van der Waals surface area contributed by atoms with Crippen molar-refractivity contribution in [2.45, 2.75) is 0 Å². The van der Waals surface area contributed by atoms with Gasteiger partial charge in [-0.05, 0) is 0 Å². The molecule has 1 nitrogen and oxygen atoms in total. The molecule has 0 radical (unpaired) electrons. The van der Waals surface area contributed by atoms with Gasteiger partial charge in [0.05, 0.1) is 23.7 Å².